The average molecular weight is 403 g/mol. The molecular weight excluding hydrogens is 391 g/mol. The highest BCUT2D eigenvalue weighted by Gasteiger charge is 2.17. The third-order valence-electron chi connectivity index (χ3n) is 3.27. The molecule has 2 aromatic rings. The number of alkyl halides is 1. The van der Waals surface area contributed by atoms with Crippen LogP contribution in [0.5, 0.6) is 0 Å². The van der Waals surface area contributed by atoms with Crippen LogP contribution >= 0.6 is 43.5 Å². The van der Waals surface area contributed by atoms with Crippen molar-refractivity contribution in [2.75, 3.05) is 0 Å². The second-order valence-electron chi connectivity index (χ2n) is 4.55. The summed E-state index contributed by atoms with van der Waals surface area (Å²) >= 11 is 13.3. The number of fused-ring (bicyclic) bond motifs is 1. The van der Waals surface area contributed by atoms with Gasteiger partial charge in [0.15, 0.2) is 0 Å². The van der Waals surface area contributed by atoms with Crippen molar-refractivity contribution in [3.05, 3.63) is 68.1 Å². The van der Waals surface area contributed by atoms with E-state index in [1.165, 1.54) is 22.3 Å². The topological polar surface area (TPSA) is 9.23 Å². The van der Waals surface area contributed by atoms with Crippen LogP contribution in [0, 0.1) is 0 Å². The first kappa shape index (κ1) is 13.6. The second kappa shape index (κ2) is 5.57. The first-order valence-electron chi connectivity index (χ1n) is 5.93. The number of ether oxygens (including phenoxy) is 1. The number of halogens is 3. The molecule has 1 atom stereocenters. The molecule has 0 saturated carbocycles. The lowest BCUT2D eigenvalue weighted by atomic mass is 10.0. The lowest BCUT2D eigenvalue weighted by molar-refractivity contribution is 0.134. The Hall–Kier alpha value is -0.350. The van der Waals surface area contributed by atoms with Crippen LogP contribution in [0.3, 0.4) is 0 Å². The highest BCUT2D eigenvalue weighted by atomic mass is 79.9. The zero-order chi connectivity index (χ0) is 13.4. The summed E-state index contributed by atoms with van der Waals surface area (Å²) < 4.78 is 6.47. The van der Waals surface area contributed by atoms with E-state index in [0.29, 0.717) is 6.61 Å². The Morgan fingerprint density at radius 3 is 2.63 bits per heavy atom. The summed E-state index contributed by atoms with van der Waals surface area (Å²) in [4.78, 5) is 0.144. The largest absolute Gasteiger partial charge is 0.372 e. The Morgan fingerprint density at radius 1 is 1.05 bits per heavy atom. The number of hydrogen-bond acceptors (Lipinski definition) is 1. The summed E-state index contributed by atoms with van der Waals surface area (Å²) in [5, 5.41) is 0.734. The number of benzene rings is 2. The lowest BCUT2D eigenvalue weighted by Crippen LogP contribution is -1.96. The summed E-state index contributed by atoms with van der Waals surface area (Å²) in [7, 11) is 0. The molecule has 0 amide bonds. The smallest absolute Gasteiger partial charge is 0.0725 e. The van der Waals surface area contributed by atoms with Crippen LogP contribution < -0.4 is 0 Å². The van der Waals surface area contributed by atoms with E-state index < -0.39 is 0 Å². The molecule has 1 nitrogen and oxygen atoms in total. The van der Waals surface area contributed by atoms with Gasteiger partial charge in [0.05, 0.1) is 18.0 Å². The Kier molecular flexibility index (Phi) is 3.99. The van der Waals surface area contributed by atoms with E-state index in [0.717, 1.165) is 16.1 Å². The summed E-state index contributed by atoms with van der Waals surface area (Å²) in [6.07, 6.45) is 0. The fraction of sp³-hybridized carbons (Fsp3) is 0.200. The van der Waals surface area contributed by atoms with Crippen molar-refractivity contribution in [2.24, 2.45) is 0 Å². The quantitative estimate of drug-likeness (QED) is 0.593. The van der Waals surface area contributed by atoms with E-state index >= 15 is 0 Å². The van der Waals surface area contributed by atoms with Crippen LogP contribution in [0.2, 0.25) is 5.02 Å². The van der Waals surface area contributed by atoms with Crippen LogP contribution in [0.1, 0.15) is 27.1 Å². The first-order chi connectivity index (χ1) is 9.15. The van der Waals surface area contributed by atoms with Gasteiger partial charge in [0, 0.05) is 9.50 Å². The van der Waals surface area contributed by atoms with Gasteiger partial charge in [-0.1, -0.05) is 67.7 Å². The molecule has 0 aliphatic carbocycles. The summed E-state index contributed by atoms with van der Waals surface area (Å²) in [6.45, 7) is 1.44. The van der Waals surface area contributed by atoms with Gasteiger partial charge in [0.1, 0.15) is 0 Å². The molecule has 0 bridgehead atoms. The average Bonchev–Trinajstić information content (AvgIpc) is 2.85. The minimum atomic E-state index is 0.144. The van der Waals surface area contributed by atoms with E-state index in [1.54, 1.807) is 0 Å². The number of rotatable bonds is 2. The number of hydrogen-bond donors (Lipinski definition) is 0. The van der Waals surface area contributed by atoms with E-state index in [-0.39, 0.29) is 4.83 Å². The molecule has 0 fully saturated rings. The molecule has 19 heavy (non-hydrogen) atoms. The van der Waals surface area contributed by atoms with Crippen molar-refractivity contribution >= 4 is 43.5 Å². The molecule has 0 aromatic heterocycles. The minimum Gasteiger partial charge on any atom is -0.372 e. The fourth-order valence-corrected chi connectivity index (χ4v) is 4.14. The van der Waals surface area contributed by atoms with Crippen molar-refractivity contribution in [3.8, 4) is 0 Å². The standard InChI is InChI=1S/C15H11Br2ClO/c16-14-6-12(18)3-4-13(14)15(17)9-1-2-10-7-19-8-11(10)5-9/h1-6,15H,7-8H2. The molecule has 0 N–H and O–H groups in total. The van der Waals surface area contributed by atoms with Crippen LogP contribution in [-0.4, -0.2) is 0 Å². The molecule has 1 unspecified atom stereocenters. The van der Waals surface area contributed by atoms with Gasteiger partial charge in [-0.2, -0.15) is 0 Å². The Morgan fingerprint density at radius 2 is 1.84 bits per heavy atom. The van der Waals surface area contributed by atoms with Crippen LogP contribution in [0.4, 0.5) is 0 Å². The van der Waals surface area contributed by atoms with Crippen LogP contribution in [0.15, 0.2) is 40.9 Å². The molecule has 2 aromatic carbocycles. The Balaban J connectivity index is 1.97. The maximum Gasteiger partial charge on any atom is 0.0725 e. The third kappa shape index (κ3) is 2.75. The predicted octanol–water partition coefficient (Wildman–Crippen LogP) is 5.62. The SMILES string of the molecule is Clc1ccc(C(Br)c2ccc3c(c2)COC3)c(Br)c1. The zero-order valence-corrected chi connectivity index (χ0v) is 13.9. The van der Waals surface area contributed by atoms with Gasteiger partial charge < -0.3 is 4.74 Å². The molecule has 0 saturated heterocycles. The summed E-state index contributed by atoms with van der Waals surface area (Å²) in [5.74, 6) is 0. The molecule has 1 heterocycles. The first-order valence-corrected chi connectivity index (χ1v) is 8.02. The van der Waals surface area contributed by atoms with E-state index in [4.69, 9.17) is 16.3 Å². The molecule has 1 aliphatic rings. The second-order valence-corrected chi connectivity index (χ2v) is 6.76. The minimum absolute atomic E-state index is 0.144. The molecular formula is C15H11Br2ClO. The van der Waals surface area contributed by atoms with Crippen molar-refractivity contribution in [1.82, 2.24) is 0 Å². The lowest BCUT2D eigenvalue weighted by Gasteiger charge is -2.14. The molecule has 0 spiro atoms. The van der Waals surface area contributed by atoms with Gasteiger partial charge in [-0.05, 0) is 34.4 Å². The zero-order valence-electron chi connectivity index (χ0n) is 10.00. The third-order valence-corrected chi connectivity index (χ3v) is 5.22. The molecule has 4 heteroatoms. The Labute approximate surface area is 134 Å². The molecule has 3 rings (SSSR count). The highest BCUT2D eigenvalue weighted by molar-refractivity contribution is 9.11. The van der Waals surface area contributed by atoms with E-state index in [2.05, 4.69) is 50.1 Å². The maximum atomic E-state index is 5.98. The van der Waals surface area contributed by atoms with Crippen molar-refractivity contribution in [2.45, 2.75) is 18.0 Å². The summed E-state index contributed by atoms with van der Waals surface area (Å²) in [5.41, 5.74) is 4.97. The van der Waals surface area contributed by atoms with Crippen LogP contribution in [0.25, 0.3) is 0 Å². The fourth-order valence-electron chi connectivity index (χ4n) is 2.24. The van der Waals surface area contributed by atoms with E-state index in [1.807, 2.05) is 18.2 Å². The van der Waals surface area contributed by atoms with Gasteiger partial charge in [-0.3, -0.25) is 0 Å². The van der Waals surface area contributed by atoms with Gasteiger partial charge in [-0.25, -0.2) is 0 Å². The normalized spacial score (nSPS) is 15.3. The predicted molar refractivity (Wildman–Crippen MR) is 84.9 cm³/mol. The van der Waals surface area contributed by atoms with Crippen molar-refractivity contribution in [1.29, 1.82) is 0 Å². The van der Waals surface area contributed by atoms with Crippen molar-refractivity contribution in [3.63, 3.8) is 0 Å². The highest BCUT2D eigenvalue weighted by Crippen LogP contribution is 2.37. The van der Waals surface area contributed by atoms with Gasteiger partial charge in [-0.15, -0.1) is 0 Å². The van der Waals surface area contributed by atoms with Crippen molar-refractivity contribution < 1.29 is 4.74 Å². The Bertz CT molecular complexity index is 628. The summed E-state index contributed by atoms with van der Waals surface area (Å²) in [6, 6.07) is 12.4. The molecule has 1 aliphatic heterocycles. The maximum absolute atomic E-state index is 5.98. The van der Waals surface area contributed by atoms with E-state index in [9.17, 15) is 0 Å². The molecule has 0 radical (unpaired) electrons. The van der Waals surface area contributed by atoms with Gasteiger partial charge in [0.2, 0.25) is 0 Å². The monoisotopic (exact) mass is 400 g/mol. The molecule has 98 valence electrons. The van der Waals surface area contributed by atoms with Crippen LogP contribution in [-0.2, 0) is 18.0 Å². The van der Waals surface area contributed by atoms with Gasteiger partial charge >= 0.3 is 0 Å². The van der Waals surface area contributed by atoms with Gasteiger partial charge in [0.25, 0.3) is 0 Å².